The quantitative estimate of drug-likeness (QED) is 0.899. The van der Waals surface area contributed by atoms with Crippen molar-refractivity contribution < 1.29 is 19.0 Å². The SMILES string of the molecule is COc1ccc2c(c1)C(=O)C(CN1CCC(O)(c3ccc(F)cc3)CC1)C2. The predicted molar refractivity (Wildman–Crippen MR) is 100 cm³/mol. The molecule has 0 spiro atoms. The van der Waals surface area contributed by atoms with Crippen molar-refractivity contribution in [1.29, 1.82) is 0 Å². The lowest BCUT2D eigenvalue weighted by molar-refractivity contribution is -0.0279. The highest BCUT2D eigenvalue weighted by Crippen LogP contribution is 2.35. The molecule has 0 radical (unpaired) electrons. The number of halogens is 1. The standard InChI is InChI=1S/C22H24FNO3/c1-27-19-7-2-15-12-16(21(25)20(15)13-19)14-24-10-8-22(26,9-11-24)17-3-5-18(23)6-4-17/h2-7,13,16,26H,8-12,14H2,1H3. The first-order valence-corrected chi connectivity index (χ1v) is 9.40. The number of likely N-dealkylation sites (tertiary alicyclic amines) is 1. The first kappa shape index (κ1) is 18.1. The zero-order valence-corrected chi connectivity index (χ0v) is 15.5. The summed E-state index contributed by atoms with van der Waals surface area (Å²) in [6.45, 7) is 2.14. The molecular weight excluding hydrogens is 345 g/mol. The van der Waals surface area contributed by atoms with Crippen LogP contribution in [0.1, 0.15) is 34.3 Å². The van der Waals surface area contributed by atoms with E-state index in [1.54, 1.807) is 19.2 Å². The van der Waals surface area contributed by atoms with E-state index >= 15 is 0 Å². The summed E-state index contributed by atoms with van der Waals surface area (Å²) in [5, 5.41) is 10.9. The highest BCUT2D eigenvalue weighted by molar-refractivity contribution is 6.02. The normalized spacial score (nSPS) is 21.9. The van der Waals surface area contributed by atoms with Gasteiger partial charge in [0, 0.05) is 31.1 Å². The molecule has 1 aliphatic carbocycles. The summed E-state index contributed by atoms with van der Waals surface area (Å²) in [7, 11) is 1.61. The maximum atomic E-state index is 13.1. The summed E-state index contributed by atoms with van der Waals surface area (Å²) in [6, 6.07) is 11.8. The van der Waals surface area contributed by atoms with Crippen LogP contribution in [-0.4, -0.2) is 42.5 Å². The van der Waals surface area contributed by atoms with Gasteiger partial charge in [-0.1, -0.05) is 18.2 Å². The summed E-state index contributed by atoms with van der Waals surface area (Å²) >= 11 is 0. The summed E-state index contributed by atoms with van der Waals surface area (Å²) in [4.78, 5) is 15.0. The summed E-state index contributed by atoms with van der Waals surface area (Å²) in [5.74, 6) is 0.563. The fraction of sp³-hybridized carbons (Fsp3) is 0.409. The second kappa shape index (κ2) is 7.06. The van der Waals surface area contributed by atoms with Gasteiger partial charge in [0.2, 0.25) is 0 Å². The number of piperidine rings is 1. The Morgan fingerprint density at radius 3 is 2.56 bits per heavy atom. The molecule has 0 amide bonds. The molecule has 1 heterocycles. The molecule has 2 aliphatic rings. The molecular formula is C22H24FNO3. The monoisotopic (exact) mass is 369 g/mol. The number of nitrogens with zero attached hydrogens (tertiary/aromatic N) is 1. The van der Waals surface area contributed by atoms with Crippen LogP contribution in [0.25, 0.3) is 0 Å². The number of ether oxygens (including phenoxy) is 1. The number of ketones is 1. The van der Waals surface area contributed by atoms with E-state index in [9.17, 15) is 14.3 Å². The number of carbonyl (C=O) groups is 1. The third-order valence-electron chi connectivity index (χ3n) is 5.96. The van der Waals surface area contributed by atoms with E-state index in [2.05, 4.69) is 4.90 Å². The molecule has 4 nitrogen and oxygen atoms in total. The van der Waals surface area contributed by atoms with Gasteiger partial charge < -0.3 is 14.7 Å². The lowest BCUT2D eigenvalue weighted by Gasteiger charge is -2.39. The van der Waals surface area contributed by atoms with Gasteiger partial charge in [0.1, 0.15) is 11.6 Å². The van der Waals surface area contributed by atoms with Crippen molar-refractivity contribution >= 4 is 5.78 Å². The molecule has 1 aliphatic heterocycles. The molecule has 1 fully saturated rings. The largest absolute Gasteiger partial charge is 0.497 e. The number of carbonyl (C=O) groups excluding carboxylic acids is 1. The number of Topliss-reactive ketones (excluding diaryl/α,β-unsaturated/α-hetero) is 1. The Labute approximate surface area is 158 Å². The van der Waals surface area contributed by atoms with Crippen LogP contribution >= 0.6 is 0 Å². The Morgan fingerprint density at radius 2 is 1.89 bits per heavy atom. The fourth-order valence-electron chi connectivity index (χ4n) is 4.28. The Bertz CT molecular complexity index is 841. The van der Waals surface area contributed by atoms with Crippen molar-refractivity contribution in [3.05, 3.63) is 65.0 Å². The number of rotatable bonds is 4. The van der Waals surface area contributed by atoms with Gasteiger partial charge in [-0.05, 0) is 54.7 Å². The second-order valence-corrected chi connectivity index (χ2v) is 7.63. The van der Waals surface area contributed by atoms with Crippen LogP contribution in [0.3, 0.4) is 0 Å². The number of methoxy groups -OCH3 is 1. The fourth-order valence-corrected chi connectivity index (χ4v) is 4.28. The van der Waals surface area contributed by atoms with Crippen LogP contribution in [-0.2, 0) is 12.0 Å². The predicted octanol–water partition coefficient (Wildman–Crippen LogP) is 3.17. The molecule has 0 aromatic heterocycles. The Morgan fingerprint density at radius 1 is 1.19 bits per heavy atom. The maximum Gasteiger partial charge on any atom is 0.167 e. The molecule has 2 aromatic rings. The smallest absolute Gasteiger partial charge is 0.167 e. The minimum Gasteiger partial charge on any atom is -0.497 e. The first-order valence-electron chi connectivity index (χ1n) is 9.40. The van der Waals surface area contributed by atoms with Crippen molar-refractivity contribution in [2.45, 2.75) is 24.9 Å². The third-order valence-corrected chi connectivity index (χ3v) is 5.96. The second-order valence-electron chi connectivity index (χ2n) is 7.63. The van der Waals surface area contributed by atoms with E-state index in [1.807, 2.05) is 18.2 Å². The number of fused-ring (bicyclic) bond motifs is 1. The van der Waals surface area contributed by atoms with Crippen LogP contribution in [0.5, 0.6) is 5.75 Å². The van der Waals surface area contributed by atoms with Gasteiger partial charge in [-0.2, -0.15) is 0 Å². The molecule has 27 heavy (non-hydrogen) atoms. The van der Waals surface area contributed by atoms with E-state index in [0.29, 0.717) is 25.1 Å². The van der Waals surface area contributed by atoms with Gasteiger partial charge >= 0.3 is 0 Å². The Balaban J connectivity index is 1.38. The third kappa shape index (κ3) is 3.49. The number of aliphatic hydroxyl groups is 1. The van der Waals surface area contributed by atoms with E-state index in [0.717, 1.165) is 36.2 Å². The van der Waals surface area contributed by atoms with E-state index in [1.165, 1.54) is 12.1 Å². The number of hydrogen-bond donors (Lipinski definition) is 1. The Kier molecular flexibility index (Phi) is 4.74. The summed E-state index contributed by atoms with van der Waals surface area (Å²) in [5.41, 5.74) is 1.71. The molecule has 142 valence electrons. The number of benzene rings is 2. The van der Waals surface area contributed by atoms with Crippen molar-refractivity contribution in [3.8, 4) is 5.75 Å². The van der Waals surface area contributed by atoms with Gasteiger partial charge in [0.15, 0.2) is 5.78 Å². The lowest BCUT2D eigenvalue weighted by atomic mass is 9.84. The minimum atomic E-state index is -0.916. The van der Waals surface area contributed by atoms with Gasteiger partial charge in [-0.15, -0.1) is 0 Å². The topological polar surface area (TPSA) is 49.8 Å². The van der Waals surface area contributed by atoms with Crippen LogP contribution in [0.2, 0.25) is 0 Å². The molecule has 4 rings (SSSR count). The van der Waals surface area contributed by atoms with E-state index < -0.39 is 5.60 Å². The van der Waals surface area contributed by atoms with Crippen LogP contribution in [0, 0.1) is 11.7 Å². The molecule has 1 atom stereocenters. The molecule has 5 heteroatoms. The zero-order chi connectivity index (χ0) is 19.0. The van der Waals surface area contributed by atoms with Crippen LogP contribution in [0.15, 0.2) is 42.5 Å². The molecule has 2 aromatic carbocycles. The van der Waals surface area contributed by atoms with E-state index in [4.69, 9.17) is 4.74 Å². The molecule has 0 bridgehead atoms. The van der Waals surface area contributed by atoms with Gasteiger partial charge in [-0.25, -0.2) is 4.39 Å². The molecule has 1 N–H and O–H groups in total. The van der Waals surface area contributed by atoms with E-state index in [-0.39, 0.29) is 17.5 Å². The van der Waals surface area contributed by atoms with Crippen LogP contribution < -0.4 is 4.74 Å². The average Bonchev–Trinajstić information content (AvgIpc) is 2.99. The van der Waals surface area contributed by atoms with Crippen LogP contribution in [0.4, 0.5) is 4.39 Å². The summed E-state index contributed by atoms with van der Waals surface area (Å²) < 4.78 is 18.4. The van der Waals surface area contributed by atoms with Crippen molar-refractivity contribution in [2.75, 3.05) is 26.7 Å². The van der Waals surface area contributed by atoms with Crippen molar-refractivity contribution in [2.24, 2.45) is 5.92 Å². The molecule has 1 saturated heterocycles. The van der Waals surface area contributed by atoms with Crippen molar-refractivity contribution in [1.82, 2.24) is 4.90 Å². The first-order chi connectivity index (χ1) is 13.0. The average molecular weight is 369 g/mol. The Hall–Kier alpha value is -2.24. The number of hydrogen-bond acceptors (Lipinski definition) is 4. The maximum absolute atomic E-state index is 13.1. The summed E-state index contributed by atoms with van der Waals surface area (Å²) in [6.07, 6.45) is 1.93. The van der Waals surface area contributed by atoms with Gasteiger partial charge in [0.05, 0.1) is 12.7 Å². The molecule has 1 unspecified atom stereocenters. The lowest BCUT2D eigenvalue weighted by Crippen LogP contribution is -2.44. The molecule has 0 saturated carbocycles. The van der Waals surface area contributed by atoms with Gasteiger partial charge in [-0.3, -0.25) is 4.79 Å². The van der Waals surface area contributed by atoms with Crippen molar-refractivity contribution in [3.63, 3.8) is 0 Å². The highest BCUT2D eigenvalue weighted by Gasteiger charge is 2.37. The minimum absolute atomic E-state index is 0.0379. The zero-order valence-electron chi connectivity index (χ0n) is 15.5. The van der Waals surface area contributed by atoms with Gasteiger partial charge in [0.25, 0.3) is 0 Å². The highest BCUT2D eigenvalue weighted by atomic mass is 19.1.